The van der Waals surface area contributed by atoms with Crippen molar-refractivity contribution >= 4 is 11.9 Å². The fourth-order valence-corrected chi connectivity index (χ4v) is 2.39. The number of aromatic nitrogens is 2. The first-order valence-electron chi connectivity index (χ1n) is 7.35. The quantitative estimate of drug-likeness (QED) is 0.648. The zero-order valence-corrected chi connectivity index (χ0v) is 12.9. The highest BCUT2D eigenvalue weighted by molar-refractivity contribution is 5.78. The number of carboxylic acids is 1. The molecule has 1 aromatic rings. The number of amides is 1. The molecule has 6 heteroatoms. The molecule has 0 saturated carbocycles. The number of rotatable bonds is 9. The summed E-state index contributed by atoms with van der Waals surface area (Å²) in [6.45, 7) is 6.37. The molecular weight excluding hydrogens is 270 g/mol. The van der Waals surface area contributed by atoms with Gasteiger partial charge in [-0.25, -0.2) is 4.98 Å². The average Bonchev–Trinajstić information content (AvgIpc) is 2.86. The maximum absolute atomic E-state index is 12.1. The van der Waals surface area contributed by atoms with Crippen LogP contribution in [0.15, 0.2) is 12.5 Å². The van der Waals surface area contributed by atoms with Gasteiger partial charge >= 0.3 is 5.97 Å². The minimum absolute atomic E-state index is 0.0224. The number of nitrogens with one attached hydrogen (secondary N) is 2. The molecule has 0 saturated heterocycles. The lowest BCUT2D eigenvalue weighted by molar-refractivity contribution is -0.138. The van der Waals surface area contributed by atoms with Gasteiger partial charge in [0, 0.05) is 37.2 Å². The minimum Gasteiger partial charge on any atom is -0.481 e. The van der Waals surface area contributed by atoms with Crippen LogP contribution in [0, 0.1) is 17.8 Å². The number of aliphatic carboxylic acids is 1. The molecule has 1 rings (SSSR count). The standard InChI is InChI=1S/C15H25N3O3/c1-10(2)4-12(6-14(19)20)7-17-15(21)11(3)5-13-8-16-9-18-13/h8-12H,4-7H2,1-3H3,(H,16,18)(H,17,21)(H,19,20)/t11-,12+/m1/s1. The van der Waals surface area contributed by atoms with Crippen molar-refractivity contribution < 1.29 is 14.7 Å². The first-order chi connectivity index (χ1) is 9.88. The Morgan fingerprint density at radius 1 is 1.38 bits per heavy atom. The highest BCUT2D eigenvalue weighted by Crippen LogP contribution is 2.15. The molecule has 0 unspecified atom stereocenters. The summed E-state index contributed by atoms with van der Waals surface area (Å²) in [4.78, 5) is 29.8. The van der Waals surface area contributed by atoms with E-state index >= 15 is 0 Å². The number of H-pyrrole nitrogens is 1. The van der Waals surface area contributed by atoms with E-state index in [4.69, 9.17) is 5.11 Å². The van der Waals surface area contributed by atoms with Gasteiger partial charge in [-0.3, -0.25) is 9.59 Å². The molecule has 6 nitrogen and oxygen atoms in total. The molecule has 0 radical (unpaired) electrons. The normalized spacial score (nSPS) is 13.9. The lowest BCUT2D eigenvalue weighted by Gasteiger charge is -2.19. The van der Waals surface area contributed by atoms with Gasteiger partial charge in [-0.2, -0.15) is 0 Å². The SMILES string of the molecule is CC(C)C[C@H](CNC(=O)[C@H](C)Cc1cnc[nH]1)CC(=O)O. The van der Waals surface area contributed by atoms with Crippen molar-refractivity contribution in [1.29, 1.82) is 0 Å². The van der Waals surface area contributed by atoms with Crippen molar-refractivity contribution in [2.75, 3.05) is 6.54 Å². The smallest absolute Gasteiger partial charge is 0.303 e. The third-order valence-corrected chi connectivity index (χ3v) is 3.36. The largest absolute Gasteiger partial charge is 0.481 e. The van der Waals surface area contributed by atoms with E-state index in [1.165, 1.54) is 0 Å². The van der Waals surface area contributed by atoms with Crippen LogP contribution in [0.4, 0.5) is 0 Å². The van der Waals surface area contributed by atoms with E-state index in [0.717, 1.165) is 12.1 Å². The Hall–Kier alpha value is -1.85. The predicted molar refractivity (Wildman–Crippen MR) is 79.7 cm³/mol. The van der Waals surface area contributed by atoms with Gasteiger partial charge in [0.1, 0.15) is 0 Å². The summed E-state index contributed by atoms with van der Waals surface area (Å²) >= 11 is 0. The number of carbonyl (C=O) groups is 2. The zero-order chi connectivity index (χ0) is 15.8. The van der Waals surface area contributed by atoms with Crippen LogP contribution in [0.1, 0.15) is 39.3 Å². The second-order valence-electron chi connectivity index (χ2n) is 6.02. The van der Waals surface area contributed by atoms with E-state index in [2.05, 4.69) is 29.1 Å². The monoisotopic (exact) mass is 295 g/mol. The maximum Gasteiger partial charge on any atom is 0.303 e. The highest BCUT2D eigenvalue weighted by atomic mass is 16.4. The van der Waals surface area contributed by atoms with Gasteiger partial charge in [-0.1, -0.05) is 20.8 Å². The third kappa shape index (κ3) is 6.92. The molecule has 118 valence electrons. The molecule has 1 heterocycles. The number of imidazole rings is 1. The molecule has 21 heavy (non-hydrogen) atoms. The van der Waals surface area contributed by atoms with Gasteiger partial charge in [0.25, 0.3) is 0 Å². The van der Waals surface area contributed by atoms with Crippen LogP contribution in [-0.4, -0.2) is 33.5 Å². The molecule has 3 N–H and O–H groups in total. The topological polar surface area (TPSA) is 95.1 Å². The summed E-state index contributed by atoms with van der Waals surface area (Å²) in [6.07, 6.45) is 4.77. The highest BCUT2D eigenvalue weighted by Gasteiger charge is 2.19. The molecule has 0 aliphatic carbocycles. The first kappa shape index (κ1) is 17.2. The first-order valence-corrected chi connectivity index (χ1v) is 7.35. The van der Waals surface area contributed by atoms with Crippen molar-refractivity contribution in [2.24, 2.45) is 17.8 Å². The molecule has 0 aliphatic rings. The second-order valence-corrected chi connectivity index (χ2v) is 6.02. The van der Waals surface area contributed by atoms with Gasteiger partial charge in [0.15, 0.2) is 0 Å². The Balaban J connectivity index is 2.42. The Kier molecular flexibility index (Phi) is 6.91. The predicted octanol–water partition coefficient (Wildman–Crippen LogP) is 1.84. The van der Waals surface area contributed by atoms with Gasteiger partial charge < -0.3 is 15.4 Å². The molecule has 2 atom stereocenters. The molecule has 1 aromatic heterocycles. The number of aromatic amines is 1. The Morgan fingerprint density at radius 2 is 2.10 bits per heavy atom. The van der Waals surface area contributed by atoms with Crippen LogP contribution in [0.3, 0.4) is 0 Å². The molecule has 0 fully saturated rings. The van der Waals surface area contributed by atoms with Crippen molar-refractivity contribution in [3.63, 3.8) is 0 Å². The van der Waals surface area contributed by atoms with E-state index in [0.29, 0.717) is 18.9 Å². The lowest BCUT2D eigenvalue weighted by Crippen LogP contribution is -2.35. The van der Waals surface area contributed by atoms with Crippen LogP contribution in [0.2, 0.25) is 0 Å². The van der Waals surface area contributed by atoms with Crippen molar-refractivity contribution in [3.8, 4) is 0 Å². The second kappa shape index (κ2) is 8.44. The summed E-state index contributed by atoms with van der Waals surface area (Å²) in [7, 11) is 0. The van der Waals surface area contributed by atoms with E-state index < -0.39 is 5.97 Å². The number of carboxylic acid groups (broad SMARTS) is 1. The number of hydrogen-bond donors (Lipinski definition) is 3. The van der Waals surface area contributed by atoms with Crippen molar-refractivity contribution in [3.05, 3.63) is 18.2 Å². The number of carbonyl (C=O) groups excluding carboxylic acids is 1. The Labute approximate surface area is 125 Å². The van der Waals surface area contributed by atoms with Crippen LogP contribution < -0.4 is 5.32 Å². The van der Waals surface area contributed by atoms with Crippen LogP contribution in [0.25, 0.3) is 0 Å². The fraction of sp³-hybridized carbons (Fsp3) is 0.667. The molecular formula is C15H25N3O3. The Bertz CT molecular complexity index is 443. The third-order valence-electron chi connectivity index (χ3n) is 3.36. The van der Waals surface area contributed by atoms with Gasteiger partial charge in [0.05, 0.1) is 6.33 Å². The van der Waals surface area contributed by atoms with Gasteiger partial charge in [-0.05, 0) is 18.3 Å². The fourth-order valence-electron chi connectivity index (χ4n) is 2.39. The summed E-state index contributed by atoms with van der Waals surface area (Å²) in [5, 5.41) is 11.8. The van der Waals surface area contributed by atoms with E-state index in [9.17, 15) is 9.59 Å². The van der Waals surface area contributed by atoms with Crippen molar-refractivity contribution in [1.82, 2.24) is 15.3 Å². The molecule has 0 spiro atoms. The van der Waals surface area contributed by atoms with E-state index in [-0.39, 0.29) is 24.2 Å². The van der Waals surface area contributed by atoms with Crippen molar-refractivity contribution in [2.45, 2.75) is 40.0 Å². The van der Waals surface area contributed by atoms with Crippen LogP contribution in [-0.2, 0) is 16.0 Å². The van der Waals surface area contributed by atoms with Crippen LogP contribution >= 0.6 is 0 Å². The maximum atomic E-state index is 12.1. The lowest BCUT2D eigenvalue weighted by atomic mass is 9.94. The molecule has 0 aromatic carbocycles. The average molecular weight is 295 g/mol. The zero-order valence-electron chi connectivity index (χ0n) is 12.9. The molecule has 0 bridgehead atoms. The molecule has 1 amide bonds. The van der Waals surface area contributed by atoms with Gasteiger partial charge in [0.2, 0.25) is 5.91 Å². The molecule has 0 aliphatic heterocycles. The van der Waals surface area contributed by atoms with Gasteiger partial charge in [-0.15, -0.1) is 0 Å². The summed E-state index contributed by atoms with van der Waals surface area (Å²) < 4.78 is 0. The summed E-state index contributed by atoms with van der Waals surface area (Å²) in [5.74, 6) is -0.654. The summed E-state index contributed by atoms with van der Waals surface area (Å²) in [5.41, 5.74) is 0.918. The van der Waals surface area contributed by atoms with Crippen LogP contribution in [0.5, 0.6) is 0 Å². The van der Waals surface area contributed by atoms with E-state index in [1.54, 1.807) is 12.5 Å². The minimum atomic E-state index is -0.819. The Morgan fingerprint density at radius 3 is 2.62 bits per heavy atom. The number of nitrogens with zero attached hydrogens (tertiary/aromatic N) is 1. The summed E-state index contributed by atoms with van der Waals surface area (Å²) in [6, 6.07) is 0. The van der Waals surface area contributed by atoms with E-state index in [1.807, 2.05) is 6.92 Å². The number of hydrogen-bond acceptors (Lipinski definition) is 3.